The molecule has 0 aliphatic rings. The third-order valence-electron chi connectivity index (χ3n) is 2.55. The number of carbonyl (C=O) groups excluding carboxylic acids is 2. The lowest BCUT2D eigenvalue weighted by molar-refractivity contribution is -0.156. The zero-order valence-corrected chi connectivity index (χ0v) is 12.0. The summed E-state index contributed by atoms with van der Waals surface area (Å²) >= 11 is 0. The molecule has 1 aromatic carbocycles. The average Bonchev–Trinajstić information content (AvgIpc) is 2.40. The van der Waals surface area contributed by atoms with E-state index in [0.29, 0.717) is 17.9 Å². The summed E-state index contributed by atoms with van der Waals surface area (Å²) in [4.78, 5) is 23.9. The van der Waals surface area contributed by atoms with Gasteiger partial charge < -0.3 is 14.2 Å². The van der Waals surface area contributed by atoms with E-state index in [0.717, 1.165) is 0 Å². The number of ether oxygens (including phenoxy) is 3. The van der Waals surface area contributed by atoms with Gasteiger partial charge in [-0.15, -0.1) is 0 Å². The Morgan fingerprint density at radius 3 is 2.10 bits per heavy atom. The molecule has 0 saturated carbocycles. The summed E-state index contributed by atoms with van der Waals surface area (Å²) in [5.74, 6) is -1.70. The van der Waals surface area contributed by atoms with Gasteiger partial charge in [0.05, 0.1) is 19.8 Å². The van der Waals surface area contributed by atoms with Crippen LogP contribution in [0.25, 0.3) is 0 Å². The molecule has 0 aromatic heterocycles. The molecule has 5 nitrogen and oxygen atoms in total. The Morgan fingerprint density at radius 1 is 1.00 bits per heavy atom. The van der Waals surface area contributed by atoms with Gasteiger partial charge in [-0.05, 0) is 38.5 Å². The minimum atomic E-state index is -1.07. The topological polar surface area (TPSA) is 61.8 Å². The fourth-order valence-electron chi connectivity index (χ4n) is 1.77. The molecule has 0 radical (unpaired) electrons. The minimum Gasteiger partial charge on any atom is -0.494 e. The maximum absolute atomic E-state index is 12.0. The van der Waals surface area contributed by atoms with Crippen molar-refractivity contribution in [2.75, 3.05) is 19.8 Å². The first kappa shape index (κ1) is 16.0. The highest BCUT2D eigenvalue weighted by atomic mass is 16.6. The lowest BCUT2D eigenvalue weighted by Gasteiger charge is -2.15. The molecule has 1 aromatic rings. The average molecular weight is 280 g/mol. The molecule has 0 heterocycles. The Labute approximate surface area is 118 Å². The zero-order valence-electron chi connectivity index (χ0n) is 12.0. The van der Waals surface area contributed by atoms with Crippen molar-refractivity contribution in [3.8, 4) is 5.75 Å². The van der Waals surface area contributed by atoms with Crippen LogP contribution < -0.4 is 4.74 Å². The van der Waals surface area contributed by atoms with Gasteiger partial charge in [0.2, 0.25) is 0 Å². The van der Waals surface area contributed by atoms with Crippen molar-refractivity contribution in [1.82, 2.24) is 0 Å². The molecule has 0 atom stereocenters. The van der Waals surface area contributed by atoms with E-state index in [1.54, 1.807) is 38.1 Å². The smallest absolute Gasteiger partial charge is 0.324 e. The highest BCUT2D eigenvalue weighted by Gasteiger charge is 2.31. The van der Waals surface area contributed by atoms with Crippen LogP contribution in [-0.4, -0.2) is 31.8 Å². The number of hydrogen-bond donors (Lipinski definition) is 0. The lowest BCUT2D eigenvalue weighted by Crippen LogP contribution is -2.26. The van der Waals surface area contributed by atoms with E-state index in [4.69, 9.17) is 14.2 Å². The fraction of sp³-hybridized carbons (Fsp3) is 0.467. The van der Waals surface area contributed by atoms with Crippen LogP contribution in [0, 0.1) is 0 Å². The predicted octanol–water partition coefficient (Wildman–Crippen LogP) is 2.30. The Morgan fingerprint density at radius 2 is 1.60 bits per heavy atom. The normalized spacial score (nSPS) is 10.2. The lowest BCUT2D eigenvalue weighted by atomic mass is 9.99. The van der Waals surface area contributed by atoms with E-state index in [2.05, 4.69) is 0 Å². The first-order valence-corrected chi connectivity index (χ1v) is 6.70. The summed E-state index contributed by atoms with van der Waals surface area (Å²) in [6.45, 7) is 6.17. The van der Waals surface area contributed by atoms with Crippen molar-refractivity contribution in [2.45, 2.75) is 26.7 Å². The van der Waals surface area contributed by atoms with E-state index in [9.17, 15) is 9.59 Å². The van der Waals surface area contributed by atoms with E-state index >= 15 is 0 Å². The van der Waals surface area contributed by atoms with Crippen LogP contribution in [0.3, 0.4) is 0 Å². The van der Waals surface area contributed by atoms with Crippen molar-refractivity contribution in [3.63, 3.8) is 0 Å². The van der Waals surface area contributed by atoms with Crippen LogP contribution in [-0.2, 0) is 19.1 Å². The first-order valence-electron chi connectivity index (χ1n) is 6.70. The number of esters is 2. The molecule has 0 aliphatic heterocycles. The monoisotopic (exact) mass is 280 g/mol. The Balaban J connectivity index is 3.05. The maximum Gasteiger partial charge on any atom is 0.324 e. The molecular weight excluding hydrogens is 260 g/mol. The molecule has 0 unspecified atom stereocenters. The minimum absolute atomic E-state index is 0.208. The molecule has 5 heteroatoms. The Bertz CT molecular complexity index is 437. The second kappa shape index (κ2) is 8.19. The van der Waals surface area contributed by atoms with Crippen molar-refractivity contribution in [2.24, 2.45) is 0 Å². The summed E-state index contributed by atoms with van der Waals surface area (Å²) in [6, 6.07) is 6.83. The Hall–Kier alpha value is -2.04. The SMILES string of the molecule is CCOC(=O)C(C(=O)OCC)c1cccc(OCC)c1. The van der Waals surface area contributed by atoms with Gasteiger partial charge in [0, 0.05) is 0 Å². The molecule has 0 saturated heterocycles. The molecule has 0 bridgehead atoms. The number of benzene rings is 1. The van der Waals surface area contributed by atoms with Gasteiger partial charge in [-0.1, -0.05) is 12.1 Å². The number of hydrogen-bond acceptors (Lipinski definition) is 5. The van der Waals surface area contributed by atoms with Crippen LogP contribution in [0.5, 0.6) is 5.75 Å². The summed E-state index contributed by atoms with van der Waals surface area (Å²) in [5.41, 5.74) is 0.507. The van der Waals surface area contributed by atoms with Gasteiger partial charge in [-0.2, -0.15) is 0 Å². The highest BCUT2D eigenvalue weighted by Crippen LogP contribution is 2.24. The van der Waals surface area contributed by atoms with Crippen LogP contribution in [0.1, 0.15) is 32.3 Å². The molecule has 0 N–H and O–H groups in total. The van der Waals surface area contributed by atoms with Crippen LogP contribution >= 0.6 is 0 Å². The van der Waals surface area contributed by atoms with Gasteiger partial charge in [-0.25, -0.2) is 0 Å². The van der Waals surface area contributed by atoms with Crippen molar-refractivity contribution in [3.05, 3.63) is 29.8 Å². The first-order chi connectivity index (χ1) is 9.63. The molecule has 0 amide bonds. The quantitative estimate of drug-likeness (QED) is 0.566. The van der Waals surface area contributed by atoms with Crippen LogP contribution in [0.15, 0.2) is 24.3 Å². The van der Waals surface area contributed by atoms with Crippen molar-refractivity contribution < 1.29 is 23.8 Å². The molecule has 0 aliphatic carbocycles. The molecule has 20 heavy (non-hydrogen) atoms. The van der Waals surface area contributed by atoms with Gasteiger partial charge in [-0.3, -0.25) is 9.59 Å². The largest absolute Gasteiger partial charge is 0.494 e. The van der Waals surface area contributed by atoms with Gasteiger partial charge in [0.1, 0.15) is 5.75 Å². The molecule has 0 spiro atoms. The molecule has 1 rings (SSSR count). The molecule has 0 fully saturated rings. The number of rotatable bonds is 7. The van der Waals surface area contributed by atoms with E-state index in [1.807, 2.05) is 6.92 Å². The van der Waals surface area contributed by atoms with E-state index < -0.39 is 17.9 Å². The van der Waals surface area contributed by atoms with Gasteiger partial charge in [0.15, 0.2) is 5.92 Å². The van der Waals surface area contributed by atoms with Crippen molar-refractivity contribution in [1.29, 1.82) is 0 Å². The summed E-state index contributed by atoms with van der Waals surface area (Å²) in [5, 5.41) is 0. The third-order valence-corrected chi connectivity index (χ3v) is 2.55. The van der Waals surface area contributed by atoms with Gasteiger partial charge >= 0.3 is 11.9 Å². The third kappa shape index (κ3) is 4.26. The van der Waals surface area contributed by atoms with Crippen LogP contribution in [0.2, 0.25) is 0 Å². The second-order valence-corrected chi connectivity index (χ2v) is 3.94. The van der Waals surface area contributed by atoms with Crippen molar-refractivity contribution >= 4 is 11.9 Å². The standard InChI is InChI=1S/C15H20O5/c1-4-18-12-9-7-8-11(10-12)13(14(16)19-5-2)15(17)20-6-3/h7-10,13H,4-6H2,1-3H3. The fourth-order valence-corrected chi connectivity index (χ4v) is 1.77. The Kier molecular flexibility index (Phi) is 6.56. The van der Waals surface area contributed by atoms with E-state index in [1.165, 1.54) is 0 Å². The summed E-state index contributed by atoms with van der Waals surface area (Å²) < 4.78 is 15.3. The second-order valence-electron chi connectivity index (χ2n) is 3.94. The van der Waals surface area contributed by atoms with Gasteiger partial charge in [0.25, 0.3) is 0 Å². The summed E-state index contributed by atoms with van der Waals surface area (Å²) in [7, 11) is 0. The predicted molar refractivity (Wildman–Crippen MR) is 73.6 cm³/mol. The highest BCUT2D eigenvalue weighted by molar-refractivity contribution is 6.00. The number of carbonyl (C=O) groups is 2. The maximum atomic E-state index is 12.0. The molecular formula is C15H20O5. The van der Waals surface area contributed by atoms with E-state index in [-0.39, 0.29) is 13.2 Å². The zero-order chi connectivity index (χ0) is 15.0. The van der Waals surface area contributed by atoms with Crippen LogP contribution in [0.4, 0.5) is 0 Å². The molecule has 110 valence electrons. The summed E-state index contributed by atoms with van der Waals surface area (Å²) in [6.07, 6.45) is 0.